The lowest BCUT2D eigenvalue weighted by molar-refractivity contribution is -0.135. The predicted molar refractivity (Wildman–Crippen MR) is 94.6 cm³/mol. The molecule has 3 N–H and O–H groups in total. The lowest BCUT2D eigenvalue weighted by Gasteiger charge is -2.35. The van der Waals surface area contributed by atoms with E-state index >= 15 is 0 Å². The van der Waals surface area contributed by atoms with Gasteiger partial charge in [-0.1, -0.05) is 13.8 Å². The first kappa shape index (κ1) is 20.5. The maximum Gasteiger partial charge on any atom is 0.239 e. The molecular weight excluding hydrogens is 332 g/mol. The molecule has 0 fully saturated rings. The van der Waals surface area contributed by atoms with Crippen molar-refractivity contribution in [3.8, 4) is 11.5 Å². The number of ether oxygens (including phenoxy) is 2. The summed E-state index contributed by atoms with van der Waals surface area (Å²) >= 11 is 0. The van der Waals surface area contributed by atoms with Crippen molar-refractivity contribution in [1.82, 2.24) is 4.90 Å². The zero-order valence-electron chi connectivity index (χ0n) is 14.6. The number of nitrogens with two attached hydrogens (primary N) is 1. The van der Waals surface area contributed by atoms with Gasteiger partial charge in [-0.15, -0.1) is 12.4 Å². The fourth-order valence-electron chi connectivity index (χ4n) is 3.09. The van der Waals surface area contributed by atoms with Gasteiger partial charge in [0.1, 0.15) is 17.6 Å². The number of aliphatic hydroxyl groups is 1. The molecule has 1 aliphatic heterocycles. The average molecular weight is 359 g/mol. The highest BCUT2D eigenvalue weighted by Gasteiger charge is 2.33. The molecule has 1 amide bonds. The molecule has 2 rings (SSSR count). The van der Waals surface area contributed by atoms with Gasteiger partial charge in [-0.3, -0.25) is 4.79 Å². The summed E-state index contributed by atoms with van der Waals surface area (Å²) in [5, 5.41) is 10.5. The van der Waals surface area contributed by atoms with E-state index in [-0.39, 0.29) is 24.9 Å². The van der Waals surface area contributed by atoms with Crippen LogP contribution in [0.2, 0.25) is 0 Å². The van der Waals surface area contributed by atoms with Gasteiger partial charge in [-0.25, -0.2) is 0 Å². The average Bonchev–Trinajstić information content (AvgIpc) is 2.52. The lowest BCUT2D eigenvalue weighted by Crippen LogP contribution is -2.47. The molecule has 0 aliphatic carbocycles. The van der Waals surface area contributed by atoms with Crippen LogP contribution in [0, 0.1) is 5.92 Å². The molecule has 1 aromatic carbocycles. The molecular formula is C17H27ClN2O4. The Balaban J connectivity index is 0.00000288. The third-order valence-corrected chi connectivity index (χ3v) is 4.14. The van der Waals surface area contributed by atoms with Crippen LogP contribution in [0.3, 0.4) is 0 Å². The summed E-state index contributed by atoms with van der Waals surface area (Å²) in [5.74, 6) is 1.43. The van der Waals surface area contributed by atoms with Crippen molar-refractivity contribution in [2.24, 2.45) is 11.7 Å². The van der Waals surface area contributed by atoms with Crippen LogP contribution < -0.4 is 15.2 Å². The zero-order chi connectivity index (χ0) is 17.1. The summed E-state index contributed by atoms with van der Waals surface area (Å²) in [6.07, 6.45) is -0.202. The van der Waals surface area contributed by atoms with Crippen molar-refractivity contribution in [3.63, 3.8) is 0 Å². The Morgan fingerprint density at radius 3 is 2.46 bits per heavy atom. The van der Waals surface area contributed by atoms with E-state index in [9.17, 15) is 9.90 Å². The van der Waals surface area contributed by atoms with Crippen molar-refractivity contribution >= 4 is 18.3 Å². The quantitative estimate of drug-likeness (QED) is 0.839. The molecule has 1 unspecified atom stereocenters. The molecule has 1 heterocycles. The summed E-state index contributed by atoms with van der Waals surface area (Å²) in [4.78, 5) is 14.2. The third-order valence-electron chi connectivity index (χ3n) is 4.14. The zero-order valence-corrected chi connectivity index (χ0v) is 15.4. The highest BCUT2D eigenvalue weighted by atomic mass is 35.5. The number of β-amino-alcohol motifs (C(OH)–C–C–N with tert-alkyl or cyclic N) is 1. The number of methoxy groups -OCH3 is 2. The van der Waals surface area contributed by atoms with Gasteiger partial charge >= 0.3 is 0 Å². The van der Waals surface area contributed by atoms with E-state index in [1.54, 1.807) is 31.3 Å². The molecule has 0 aromatic heterocycles. The van der Waals surface area contributed by atoms with Gasteiger partial charge in [-0.2, -0.15) is 0 Å². The van der Waals surface area contributed by atoms with Gasteiger partial charge in [-0.05, 0) is 24.5 Å². The number of rotatable bonds is 5. The Bertz CT molecular complexity index is 580. The molecule has 1 aliphatic rings. The van der Waals surface area contributed by atoms with E-state index in [0.29, 0.717) is 35.9 Å². The SMILES string of the molecule is COc1ccc(OC)c2c1CN(C(=O)[C@@H](N)CC(C)C)CC2O.Cl. The van der Waals surface area contributed by atoms with Crippen LogP contribution in [0.1, 0.15) is 37.5 Å². The second-order valence-corrected chi connectivity index (χ2v) is 6.33. The molecule has 24 heavy (non-hydrogen) atoms. The number of carbonyl (C=O) groups is 1. The van der Waals surface area contributed by atoms with Gasteiger partial charge in [0.25, 0.3) is 0 Å². The number of halogens is 1. The summed E-state index contributed by atoms with van der Waals surface area (Å²) < 4.78 is 10.7. The summed E-state index contributed by atoms with van der Waals surface area (Å²) in [7, 11) is 3.13. The monoisotopic (exact) mass is 358 g/mol. The number of fused-ring (bicyclic) bond motifs is 1. The molecule has 7 heteroatoms. The van der Waals surface area contributed by atoms with E-state index in [2.05, 4.69) is 0 Å². The maximum absolute atomic E-state index is 12.6. The Kier molecular flexibility index (Phi) is 7.32. The van der Waals surface area contributed by atoms with Crippen LogP contribution in [-0.2, 0) is 11.3 Å². The van der Waals surface area contributed by atoms with Crippen LogP contribution in [0.4, 0.5) is 0 Å². The predicted octanol–water partition coefficient (Wildman–Crippen LogP) is 1.87. The highest BCUT2D eigenvalue weighted by Crippen LogP contribution is 2.39. The maximum atomic E-state index is 12.6. The highest BCUT2D eigenvalue weighted by molar-refractivity contribution is 5.85. The molecule has 0 bridgehead atoms. The van der Waals surface area contributed by atoms with Crippen molar-refractivity contribution in [3.05, 3.63) is 23.3 Å². The first-order chi connectivity index (χ1) is 10.9. The van der Waals surface area contributed by atoms with Gasteiger partial charge in [0.05, 0.1) is 26.8 Å². The topological polar surface area (TPSA) is 85.0 Å². The largest absolute Gasteiger partial charge is 0.496 e. The fraction of sp³-hybridized carbons (Fsp3) is 0.588. The number of hydrogen-bond acceptors (Lipinski definition) is 5. The van der Waals surface area contributed by atoms with Gasteiger partial charge in [0.15, 0.2) is 0 Å². The molecule has 0 saturated carbocycles. The molecule has 6 nitrogen and oxygen atoms in total. The number of amides is 1. The first-order valence-electron chi connectivity index (χ1n) is 7.85. The number of hydrogen-bond donors (Lipinski definition) is 2. The van der Waals surface area contributed by atoms with Crippen molar-refractivity contribution in [2.75, 3.05) is 20.8 Å². The van der Waals surface area contributed by atoms with Gasteiger partial charge < -0.3 is 25.2 Å². The minimum Gasteiger partial charge on any atom is -0.496 e. The summed E-state index contributed by atoms with van der Waals surface area (Å²) in [5.41, 5.74) is 7.47. The number of nitrogens with zero attached hydrogens (tertiary/aromatic N) is 1. The molecule has 0 radical (unpaired) electrons. The van der Waals surface area contributed by atoms with Crippen LogP contribution in [-0.4, -0.2) is 42.7 Å². The number of carbonyl (C=O) groups excluding carboxylic acids is 1. The Morgan fingerprint density at radius 2 is 1.92 bits per heavy atom. The summed E-state index contributed by atoms with van der Waals surface area (Å²) in [6.45, 7) is 4.63. The van der Waals surface area contributed by atoms with Crippen LogP contribution in [0.25, 0.3) is 0 Å². The Hall–Kier alpha value is -1.50. The first-order valence-corrected chi connectivity index (χ1v) is 7.85. The smallest absolute Gasteiger partial charge is 0.239 e. The molecule has 136 valence electrons. The van der Waals surface area contributed by atoms with E-state index in [1.165, 1.54) is 0 Å². The molecule has 0 saturated heterocycles. The van der Waals surface area contributed by atoms with Crippen LogP contribution >= 0.6 is 12.4 Å². The van der Waals surface area contributed by atoms with E-state index in [1.807, 2.05) is 13.8 Å². The second kappa shape index (κ2) is 8.55. The normalized spacial score (nSPS) is 17.8. The van der Waals surface area contributed by atoms with Crippen LogP contribution in [0.5, 0.6) is 11.5 Å². The molecule has 2 atom stereocenters. The summed E-state index contributed by atoms with van der Waals surface area (Å²) in [6, 6.07) is 3.00. The van der Waals surface area contributed by atoms with E-state index < -0.39 is 12.1 Å². The second-order valence-electron chi connectivity index (χ2n) is 6.33. The molecule has 0 spiro atoms. The minimum atomic E-state index is -0.820. The standard InChI is InChI=1S/C17H26N2O4.ClH/c1-10(2)7-12(18)17(21)19-8-11-14(22-3)5-6-15(23-4)16(11)13(20)9-19;/h5-6,10,12-13,20H,7-9,18H2,1-4H3;1H/t12-,13?;/m0./s1. The Morgan fingerprint density at radius 1 is 1.33 bits per heavy atom. The lowest BCUT2D eigenvalue weighted by atomic mass is 9.94. The number of aliphatic hydroxyl groups excluding tert-OH is 1. The number of benzene rings is 1. The Labute approximate surface area is 149 Å². The molecule has 1 aromatic rings. The fourth-order valence-corrected chi connectivity index (χ4v) is 3.09. The van der Waals surface area contributed by atoms with Crippen molar-refractivity contribution in [1.29, 1.82) is 0 Å². The van der Waals surface area contributed by atoms with Gasteiger partial charge in [0.2, 0.25) is 5.91 Å². The van der Waals surface area contributed by atoms with Crippen LogP contribution in [0.15, 0.2) is 12.1 Å². The third kappa shape index (κ3) is 4.12. The van der Waals surface area contributed by atoms with Crippen molar-refractivity contribution < 1.29 is 19.4 Å². The van der Waals surface area contributed by atoms with Gasteiger partial charge in [0, 0.05) is 17.7 Å². The van der Waals surface area contributed by atoms with E-state index in [4.69, 9.17) is 15.2 Å². The minimum absolute atomic E-state index is 0. The van der Waals surface area contributed by atoms with E-state index in [0.717, 1.165) is 5.56 Å². The van der Waals surface area contributed by atoms with Crippen molar-refractivity contribution in [2.45, 2.75) is 39.0 Å².